The van der Waals surface area contributed by atoms with Crippen LogP contribution in [-0.2, 0) is 11.2 Å². The first-order valence-electron chi connectivity index (χ1n) is 7.04. The van der Waals surface area contributed by atoms with Crippen LogP contribution in [0.4, 0.5) is 0 Å². The summed E-state index contributed by atoms with van der Waals surface area (Å²) in [6, 6.07) is 9.18. The highest BCUT2D eigenvalue weighted by molar-refractivity contribution is 5.79. The number of pyridine rings is 1. The lowest BCUT2D eigenvalue weighted by atomic mass is 10.1. The van der Waals surface area contributed by atoms with E-state index in [-0.39, 0.29) is 18.4 Å². The van der Waals surface area contributed by atoms with E-state index >= 15 is 0 Å². The Kier molecular flexibility index (Phi) is 5.36. The van der Waals surface area contributed by atoms with E-state index in [1.807, 2.05) is 31.2 Å². The van der Waals surface area contributed by atoms with Gasteiger partial charge in [-0.15, -0.1) is 0 Å². The van der Waals surface area contributed by atoms with Crippen molar-refractivity contribution in [3.63, 3.8) is 0 Å². The smallest absolute Gasteiger partial charge is 0.224 e. The molecule has 0 aliphatic rings. The molecule has 1 N–H and O–H groups in total. The lowest BCUT2D eigenvalue weighted by molar-refractivity contribution is -0.121. The Hall–Kier alpha value is -2.56. The normalized spacial score (nSPS) is 11.6. The van der Waals surface area contributed by atoms with E-state index in [9.17, 15) is 4.79 Å². The molecule has 2 aromatic rings. The van der Waals surface area contributed by atoms with Crippen molar-refractivity contribution in [1.82, 2.24) is 10.3 Å². The average molecular weight is 300 g/mol. The fourth-order valence-corrected chi connectivity index (χ4v) is 2.18. The van der Waals surface area contributed by atoms with Gasteiger partial charge in [0.25, 0.3) is 0 Å². The zero-order valence-corrected chi connectivity index (χ0v) is 13.0. The van der Waals surface area contributed by atoms with Gasteiger partial charge in [-0.2, -0.15) is 0 Å². The van der Waals surface area contributed by atoms with Gasteiger partial charge in [0.2, 0.25) is 5.91 Å². The van der Waals surface area contributed by atoms with E-state index in [0.29, 0.717) is 11.5 Å². The zero-order chi connectivity index (χ0) is 15.9. The predicted octanol–water partition coefficient (Wildman–Crippen LogP) is 2.52. The fourth-order valence-electron chi connectivity index (χ4n) is 2.18. The van der Waals surface area contributed by atoms with Crippen LogP contribution >= 0.6 is 0 Å². The van der Waals surface area contributed by atoms with Gasteiger partial charge in [-0.25, -0.2) is 0 Å². The number of methoxy groups -OCH3 is 2. The molecule has 0 fully saturated rings. The molecule has 1 atom stereocenters. The highest BCUT2D eigenvalue weighted by Gasteiger charge is 2.12. The van der Waals surface area contributed by atoms with Crippen LogP contribution in [0, 0.1) is 0 Å². The molecule has 0 aliphatic heterocycles. The first-order valence-corrected chi connectivity index (χ1v) is 7.04. The summed E-state index contributed by atoms with van der Waals surface area (Å²) in [4.78, 5) is 16.2. The topological polar surface area (TPSA) is 60.5 Å². The Morgan fingerprint density at radius 3 is 2.64 bits per heavy atom. The summed E-state index contributed by atoms with van der Waals surface area (Å²) >= 11 is 0. The second-order valence-corrected chi connectivity index (χ2v) is 4.94. The molecule has 0 aliphatic carbocycles. The average Bonchev–Trinajstić information content (AvgIpc) is 2.55. The third-order valence-electron chi connectivity index (χ3n) is 3.37. The van der Waals surface area contributed by atoms with Crippen molar-refractivity contribution in [3.8, 4) is 11.5 Å². The summed E-state index contributed by atoms with van der Waals surface area (Å²) in [7, 11) is 3.16. The minimum absolute atomic E-state index is 0.0522. The third kappa shape index (κ3) is 3.97. The minimum atomic E-state index is -0.0821. The van der Waals surface area contributed by atoms with Crippen molar-refractivity contribution in [2.45, 2.75) is 19.4 Å². The number of rotatable bonds is 6. The number of carbonyl (C=O) groups excluding carboxylic acids is 1. The fraction of sp³-hybridized carbons (Fsp3) is 0.294. The van der Waals surface area contributed by atoms with Gasteiger partial charge in [-0.1, -0.05) is 12.1 Å². The SMILES string of the molecule is COc1ccc(CC(=O)NC(C)c2cccnc2)cc1OC. The molecule has 1 amide bonds. The Labute approximate surface area is 130 Å². The quantitative estimate of drug-likeness (QED) is 0.890. The highest BCUT2D eigenvalue weighted by Crippen LogP contribution is 2.27. The van der Waals surface area contributed by atoms with Crippen LogP contribution < -0.4 is 14.8 Å². The van der Waals surface area contributed by atoms with E-state index in [2.05, 4.69) is 10.3 Å². The molecule has 1 aromatic heterocycles. The number of hydrogen-bond acceptors (Lipinski definition) is 4. The summed E-state index contributed by atoms with van der Waals surface area (Å²) in [6.45, 7) is 1.93. The standard InChI is InChI=1S/C17H20N2O3/c1-12(14-5-4-8-18-11-14)19-17(20)10-13-6-7-15(21-2)16(9-13)22-3/h4-9,11-12H,10H2,1-3H3,(H,19,20). The molecule has 0 radical (unpaired) electrons. The van der Waals surface area contributed by atoms with Gasteiger partial charge < -0.3 is 14.8 Å². The largest absolute Gasteiger partial charge is 0.493 e. The number of nitrogens with zero attached hydrogens (tertiary/aromatic N) is 1. The van der Waals surface area contributed by atoms with Gasteiger partial charge in [0, 0.05) is 12.4 Å². The number of amides is 1. The lowest BCUT2D eigenvalue weighted by Crippen LogP contribution is -2.28. The van der Waals surface area contributed by atoms with Gasteiger partial charge >= 0.3 is 0 Å². The monoisotopic (exact) mass is 300 g/mol. The van der Waals surface area contributed by atoms with Crippen LogP contribution in [0.15, 0.2) is 42.7 Å². The van der Waals surface area contributed by atoms with Crippen molar-refractivity contribution < 1.29 is 14.3 Å². The van der Waals surface area contributed by atoms with Crippen LogP contribution in [0.5, 0.6) is 11.5 Å². The number of hydrogen-bond donors (Lipinski definition) is 1. The van der Waals surface area contributed by atoms with E-state index in [4.69, 9.17) is 9.47 Å². The van der Waals surface area contributed by atoms with Gasteiger partial charge in [0.1, 0.15) is 0 Å². The van der Waals surface area contributed by atoms with Gasteiger partial charge in [-0.05, 0) is 36.2 Å². The van der Waals surface area contributed by atoms with Crippen molar-refractivity contribution in [1.29, 1.82) is 0 Å². The van der Waals surface area contributed by atoms with E-state index < -0.39 is 0 Å². The Morgan fingerprint density at radius 2 is 2.00 bits per heavy atom. The summed E-state index contributed by atoms with van der Waals surface area (Å²) in [5, 5.41) is 2.96. The number of aromatic nitrogens is 1. The summed E-state index contributed by atoms with van der Waals surface area (Å²) in [5.74, 6) is 1.21. The summed E-state index contributed by atoms with van der Waals surface area (Å²) in [6.07, 6.45) is 3.74. The van der Waals surface area contributed by atoms with E-state index in [1.54, 1.807) is 32.7 Å². The molecule has 0 saturated heterocycles. The molecule has 5 heteroatoms. The predicted molar refractivity (Wildman–Crippen MR) is 84.0 cm³/mol. The maximum absolute atomic E-state index is 12.1. The van der Waals surface area contributed by atoms with Crippen molar-refractivity contribution in [3.05, 3.63) is 53.9 Å². The van der Waals surface area contributed by atoms with E-state index in [1.165, 1.54) is 0 Å². The Morgan fingerprint density at radius 1 is 1.23 bits per heavy atom. The van der Waals surface area contributed by atoms with Crippen molar-refractivity contribution >= 4 is 5.91 Å². The van der Waals surface area contributed by atoms with E-state index in [0.717, 1.165) is 11.1 Å². The minimum Gasteiger partial charge on any atom is -0.493 e. The molecule has 116 valence electrons. The number of ether oxygens (including phenoxy) is 2. The van der Waals surface area contributed by atoms with Gasteiger partial charge in [0.15, 0.2) is 11.5 Å². The molecule has 1 aromatic carbocycles. The lowest BCUT2D eigenvalue weighted by Gasteiger charge is -2.14. The molecule has 0 saturated carbocycles. The van der Waals surface area contributed by atoms with Crippen LogP contribution in [0.2, 0.25) is 0 Å². The Balaban J connectivity index is 2.00. The van der Waals surface area contributed by atoms with Crippen molar-refractivity contribution in [2.24, 2.45) is 0 Å². The zero-order valence-electron chi connectivity index (χ0n) is 13.0. The van der Waals surface area contributed by atoms with Gasteiger partial charge in [-0.3, -0.25) is 9.78 Å². The Bertz CT molecular complexity index is 629. The van der Waals surface area contributed by atoms with Gasteiger partial charge in [0.05, 0.1) is 26.7 Å². The molecular formula is C17H20N2O3. The molecular weight excluding hydrogens is 280 g/mol. The second kappa shape index (κ2) is 7.45. The molecule has 1 unspecified atom stereocenters. The maximum atomic E-state index is 12.1. The van der Waals surface area contributed by atoms with Crippen LogP contribution in [0.1, 0.15) is 24.1 Å². The first-order chi connectivity index (χ1) is 10.6. The van der Waals surface area contributed by atoms with Crippen LogP contribution in [0.25, 0.3) is 0 Å². The number of nitrogens with one attached hydrogen (secondary N) is 1. The molecule has 5 nitrogen and oxygen atoms in total. The summed E-state index contributed by atoms with van der Waals surface area (Å²) < 4.78 is 10.4. The highest BCUT2D eigenvalue weighted by atomic mass is 16.5. The molecule has 2 rings (SSSR count). The third-order valence-corrected chi connectivity index (χ3v) is 3.37. The number of benzene rings is 1. The maximum Gasteiger partial charge on any atom is 0.224 e. The first kappa shape index (κ1) is 15.8. The number of carbonyl (C=O) groups is 1. The van der Waals surface area contributed by atoms with Crippen LogP contribution in [0.3, 0.4) is 0 Å². The molecule has 22 heavy (non-hydrogen) atoms. The summed E-state index contributed by atoms with van der Waals surface area (Å²) in [5.41, 5.74) is 1.84. The molecule has 1 heterocycles. The van der Waals surface area contributed by atoms with Crippen LogP contribution in [-0.4, -0.2) is 25.1 Å². The molecule has 0 bridgehead atoms. The van der Waals surface area contributed by atoms with Crippen molar-refractivity contribution in [2.75, 3.05) is 14.2 Å². The second-order valence-electron chi connectivity index (χ2n) is 4.94. The molecule has 0 spiro atoms.